The molecule has 1 N–H and O–H groups in total. The molecule has 0 bridgehead atoms. The summed E-state index contributed by atoms with van der Waals surface area (Å²) in [5.74, 6) is 0.624. The van der Waals surface area contributed by atoms with Crippen LogP contribution in [0.1, 0.15) is 18.4 Å². The van der Waals surface area contributed by atoms with Crippen molar-refractivity contribution in [1.29, 1.82) is 0 Å². The number of benzene rings is 2. The van der Waals surface area contributed by atoms with Crippen LogP contribution in [0.3, 0.4) is 0 Å². The third-order valence-electron chi connectivity index (χ3n) is 3.17. The van der Waals surface area contributed by atoms with Crippen LogP contribution in [0.25, 0.3) is 0 Å². The molecule has 0 fully saturated rings. The molecule has 0 aliphatic heterocycles. The molecule has 3 nitrogen and oxygen atoms in total. The van der Waals surface area contributed by atoms with Gasteiger partial charge in [-0.05, 0) is 23.6 Å². The van der Waals surface area contributed by atoms with E-state index < -0.39 is 0 Å². The van der Waals surface area contributed by atoms with Crippen LogP contribution in [0.2, 0.25) is 5.02 Å². The van der Waals surface area contributed by atoms with Gasteiger partial charge in [0.25, 0.3) is 5.91 Å². The molecule has 0 saturated carbocycles. The van der Waals surface area contributed by atoms with Crippen molar-refractivity contribution in [2.24, 2.45) is 0 Å². The van der Waals surface area contributed by atoms with E-state index >= 15 is 0 Å². The molecule has 2 aromatic rings. The van der Waals surface area contributed by atoms with Gasteiger partial charge in [0.2, 0.25) is 0 Å². The van der Waals surface area contributed by atoms with Crippen molar-refractivity contribution < 1.29 is 9.53 Å². The standard InChI is InChI=1S/C17H18ClNO2/c1-13(14-7-3-2-4-8-14)11-19-17(20)12-21-16-10-6-5-9-15(16)18/h2-10,13H,11-12H2,1H3,(H,19,20)/t13-/m0/s1. The highest BCUT2D eigenvalue weighted by Gasteiger charge is 2.08. The maximum absolute atomic E-state index is 11.8. The zero-order valence-electron chi connectivity index (χ0n) is 11.9. The summed E-state index contributed by atoms with van der Waals surface area (Å²) >= 11 is 5.96. The molecule has 110 valence electrons. The molecule has 0 heterocycles. The number of ether oxygens (including phenoxy) is 1. The number of para-hydroxylation sites is 1. The Hall–Kier alpha value is -2.00. The molecule has 0 saturated heterocycles. The zero-order chi connectivity index (χ0) is 15.1. The van der Waals surface area contributed by atoms with Crippen molar-refractivity contribution in [3.63, 3.8) is 0 Å². The Labute approximate surface area is 129 Å². The predicted molar refractivity (Wildman–Crippen MR) is 84.8 cm³/mol. The molecule has 0 aliphatic carbocycles. The highest BCUT2D eigenvalue weighted by atomic mass is 35.5. The Kier molecular flexibility index (Phi) is 5.64. The number of carbonyl (C=O) groups is 1. The second-order valence-electron chi connectivity index (χ2n) is 4.83. The molecule has 0 spiro atoms. The Morgan fingerprint density at radius 1 is 1.14 bits per heavy atom. The monoisotopic (exact) mass is 303 g/mol. The average Bonchev–Trinajstić information content (AvgIpc) is 2.52. The van der Waals surface area contributed by atoms with Crippen LogP contribution in [-0.2, 0) is 4.79 Å². The smallest absolute Gasteiger partial charge is 0.257 e. The molecule has 0 aliphatic rings. The molecular weight excluding hydrogens is 286 g/mol. The summed E-state index contributed by atoms with van der Waals surface area (Å²) in [6, 6.07) is 17.2. The maximum atomic E-state index is 11.8. The van der Waals surface area contributed by atoms with Crippen LogP contribution in [0.15, 0.2) is 54.6 Å². The number of rotatable bonds is 6. The molecular formula is C17H18ClNO2. The van der Waals surface area contributed by atoms with Gasteiger partial charge in [-0.25, -0.2) is 0 Å². The Balaban J connectivity index is 1.76. The molecule has 1 atom stereocenters. The zero-order valence-corrected chi connectivity index (χ0v) is 12.6. The van der Waals surface area contributed by atoms with E-state index in [1.165, 1.54) is 5.56 Å². The van der Waals surface area contributed by atoms with Crippen molar-refractivity contribution in [1.82, 2.24) is 5.32 Å². The van der Waals surface area contributed by atoms with Crippen molar-refractivity contribution in [3.05, 3.63) is 65.2 Å². The van der Waals surface area contributed by atoms with Crippen LogP contribution in [0.5, 0.6) is 5.75 Å². The summed E-state index contributed by atoms with van der Waals surface area (Å²) in [6.07, 6.45) is 0. The summed E-state index contributed by atoms with van der Waals surface area (Å²) < 4.78 is 5.39. The first-order valence-corrected chi connectivity index (χ1v) is 7.23. The number of nitrogens with one attached hydrogen (secondary N) is 1. The first kappa shape index (κ1) is 15.4. The molecule has 0 radical (unpaired) electrons. The highest BCUT2D eigenvalue weighted by Crippen LogP contribution is 2.22. The van der Waals surface area contributed by atoms with Gasteiger partial charge in [-0.1, -0.05) is 61.0 Å². The average molecular weight is 304 g/mol. The minimum Gasteiger partial charge on any atom is -0.482 e. The Morgan fingerprint density at radius 2 is 1.81 bits per heavy atom. The third kappa shape index (κ3) is 4.80. The molecule has 4 heteroatoms. The molecule has 2 aromatic carbocycles. The summed E-state index contributed by atoms with van der Waals surface area (Å²) in [4.78, 5) is 11.8. The lowest BCUT2D eigenvalue weighted by Crippen LogP contribution is -2.31. The fourth-order valence-corrected chi connectivity index (χ4v) is 2.11. The van der Waals surface area contributed by atoms with E-state index in [2.05, 4.69) is 24.4 Å². The lowest BCUT2D eigenvalue weighted by atomic mass is 10.0. The second kappa shape index (κ2) is 7.70. The SMILES string of the molecule is C[C@@H](CNC(=O)COc1ccccc1Cl)c1ccccc1. The van der Waals surface area contributed by atoms with E-state index in [1.807, 2.05) is 30.3 Å². The largest absolute Gasteiger partial charge is 0.482 e. The fraction of sp³-hybridized carbons (Fsp3) is 0.235. The van der Waals surface area contributed by atoms with Gasteiger partial charge in [-0.15, -0.1) is 0 Å². The Morgan fingerprint density at radius 3 is 2.52 bits per heavy atom. The number of halogens is 1. The van der Waals surface area contributed by atoms with E-state index in [1.54, 1.807) is 12.1 Å². The minimum absolute atomic E-state index is 0.0365. The minimum atomic E-state index is -0.155. The molecule has 0 unspecified atom stereocenters. The van der Waals surface area contributed by atoms with Crippen LogP contribution < -0.4 is 10.1 Å². The van der Waals surface area contributed by atoms with E-state index in [0.717, 1.165) is 0 Å². The molecule has 0 aromatic heterocycles. The van der Waals surface area contributed by atoms with Crippen LogP contribution in [-0.4, -0.2) is 19.1 Å². The van der Waals surface area contributed by atoms with Gasteiger partial charge >= 0.3 is 0 Å². The van der Waals surface area contributed by atoms with Gasteiger partial charge in [0.15, 0.2) is 6.61 Å². The van der Waals surface area contributed by atoms with Gasteiger partial charge in [0.05, 0.1) is 5.02 Å². The predicted octanol–water partition coefficient (Wildman–Crippen LogP) is 3.64. The lowest BCUT2D eigenvalue weighted by molar-refractivity contribution is -0.123. The highest BCUT2D eigenvalue weighted by molar-refractivity contribution is 6.32. The van der Waals surface area contributed by atoms with E-state index in [9.17, 15) is 4.79 Å². The summed E-state index contributed by atoms with van der Waals surface area (Å²) in [5, 5.41) is 3.37. The number of amides is 1. The van der Waals surface area contributed by atoms with Crippen molar-refractivity contribution in [2.45, 2.75) is 12.8 Å². The molecule has 2 rings (SSSR count). The van der Waals surface area contributed by atoms with E-state index in [4.69, 9.17) is 16.3 Å². The summed E-state index contributed by atoms with van der Waals surface area (Å²) in [5.41, 5.74) is 1.20. The van der Waals surface area contributed by atoms with Crippen molar-refractivity contribution in [3.8, 4) is 5.75 Å². The van der Waals surface area contributed by atoms with E-state index in [-0.39, 0.29) is 18.4 Å². The number of hydrogen-bond acceptors (Lipinski definition) is 2. The first-order valence-electron chi connectivity index (χ1n) is 6.86. The third-order valence-corrected chi connectivity index (χ3v) is 3.48. The van der Waals surface area contributed by atoms with Crippen LogP contribution >= 0.6 is 11.6 Å². The van der Waals surface area contributed by atoms with Gasteiger partial charge in [-0.3, -0.25) is 4.79 Å². The number of hydrogen-bond donors (Lipinski definition) is 1. The normalized spacial score (nSPS) is 11.7. The van der Waals surface area contributed by atoms with Gasteiger partial charge in [0, 0.05) is 6.54 Å². The van der Waals surface area contributed by atoms with E-state index in [0.29, 0.717) is 17.3 Å². The van der Waals surface area contributed by atoms with Gasteiger partial charge in [0.1, 0.15) is 5.75 Å². The summed E-state index contributed by atoms with van der Waals surface area (Å²) in [6.45, 7) is 2.62. The first-order chi connectivity index (χ1) is 10.2. The molecule has 21 heavy (non-hydrogen) atoms. The van der Waals surface area contributed by atoms with Crippen molar-refractivity contribution >= 4 is 17.5 Å². The molecule has 1 amide bonds. The topological polar surface area (TPSA) is 38.3 Å². The fourth-order valence-electron chi connectivity index (χ4n) is 1.92. The second-order valence-corrected chi connectivity index (χ2v) is 5.24. The lowest BCUT2D eigenvalue weighted by Gasteiger charge is -2.13. The van der Waals surface area contributed by atoms with Crippen molar-refractivity contribution in [2.75, 3.05) is 13.2 Å². The van der Waals surface area contributed by atoms with Crippen LogP contribution in [0.4, 0.5) is 0 Å². The maximum Gasteiger partial charge on any atom is 0.257 e. The van der Waals surface area contributed by atoms with Crippen LogP contribution in [0, 0.1) is 0 Å². The quantitative estimate of drug-likeness (QED) is 0.885. The summed E-state index contributed by atoms with van der Waals surface area (Å²) in [7, 11) is 0. The Bertz CT molecular complexity index is 586. The van der Waals surface area contributed by atoms with Gasteiger partial charge in [-0.2, -0.15) is 0 Å². The van der Waals surface area contributed by atoms with Gasteiger partial charge < -0.3 is 10.1 Å². The number of carbonyl (C=O) groups excluding carboxylic acids is 1.